The standard InChI is InChI=1S/C16H24N2O/c1-4-16(19)14-9-5-6-10-15(14)18-11-7-8-13(12-18)17(2)3/h5-6,9-10,13H,4,7-8,11-12H2,1-3H3. The minimum Gasteiger partial charge on any atom is -0.369 e. The lowest BCUT2D eigenvalue weighted by Crippen LogP contribution is -2.45. The lowest BCUT2D eigenvalue weighted by atomic mass is 10.0. The van der Waals surface area contributed by atoms with E-state index in [1.807, 2.05) is 25.1 Å². The Morgan fingerprint density at radius 2 is 2.11 bits per heavy atom. The predicted molar refractivity (Wildman–Crippen MR) is 80.0 cm³/mol. The molecular formula is C16H24N2O. The predicted octanol–water partition coefficient (Wildman–Crippen LogP) is 2.81. The van der Waals surface area contributed by atoms with E-state index in [1.165, 1.54) is 12.8 Å². The van der Waals surface area contributed by atoms with Crippen LogP contribution in [-0.2, 0) is 0 Å². The topological polar surface area (TPSA) is 23.6 Å². The van der Waals surface area contributed by atoms with Gasteiger partial charge < -0.3 is 9.80 Å². The number of Topliss-reactive ketones (excluding diaryl/α,β-unsaturated/α-hetero) is 1. The second kappa shape index (κ2) is 6.20. The Bertz CT molecular complexity index is 442. The molecule has 1 fully saturated rings. The van der Waals surface area contributed by atoms with E-state index in [0.29, 0.717) is 12.5 Å². The van der Waals surface area contributed by atoms with Crippen LogP contribution in [0.5, 0.6) is 0 Å². The summed E-state index contributed by atoms with van der Waals surface area (Å²) in [6, 6.07) is 8.61. The summed E-state index contributed by atoms with van der Waals surface area (Å²) in [6.07, 6.45) is 3.01. The number of ketones is 1. The van der Waals surface area contributed by atoms with Gasteiger partial charge in [-0.25, -0.2) is 0 Å². The van der Waals surface area contributed by atoms with Gasteiger partial charge in [0.25, 0.3) is 0 Å². The summed E-state index contributed by atoms with van der Waals surface area (Å²) in [5.41, 5.74) is 1.99. The van der Waals surface area contributed by atoms with Crippen molar-refractivity contribution in [2.24, 2.45) is 0 Å². The first kappa shape index (κ1) is 14.1. The van der Waals surface area contributed by atoms with Crippen molar-refractivity contribution in [3.63, 3.8) is 0 Å². The number of piperidine rings is 1. The van der Waals surface area contributed by atoms with Crippen LogP contribution in [0, 0.1) is 0 Å². The van der Waals surface area contributed by atoms with E-state index < -0.39 is 0 Å². The Morgan fingerprint density at radius 3 is 2.79 bits per heavy atom. The van der Waals surface area contributed by atoms with Gasteiger partial charge in [-0.15, -0.1) is 0 Å². The molecular weight excluding hydrogens is 236 g/mol. The number of hydrogen-bond acceptors (Lipinski definition) is 3. The number of rotatable bonds is 4. The van der Waals surface area contributed by atoms with Gasteiger partial charge in [-0.3, -0.25) is 4.79 Å². The lowest BCUT2D eigenvalue weighted by molar-refractivity contribution is 0.0988. The van der Waals surface area contributed by atoms with E-state index in [4.69, 9.17) is 0 Å². The fourth-order valence-electron chi connectivity index (χ4n) is 2.77. The van der Waals surface area contributed by atoms with Gasteiger partial charge in [0, 0.05) is 36.8 Å². The number of likely N-dealkylation sites (N-methyl/N-ethyl adjacent to an activating group) is 1. The molecule has 0 spiro atoms. The Balaban J connectivity index is 2.24. The third-order valence-electron chi connectivity index (χ3n) is 3.99. The van der Waals surface area contributed by atoms with Gasteiger partial charge in [-0.2, -0.15) is 0 Å². The van der Waals surface area contributed by atoms with Gasteiger partial charge in [0.2, 0.25) is 0 Å². The number of para-hydroxylation sites is 1. The Labute approximate surface area is 116 Å². The van der Waals surface area contributed by atoms with Gasteiger partial charge >= 0.3 is 0 Å². The first-order valence-corrected chi connectivity index (χ1v) is 7.17. The average Bonchev–Trinajstić information content (AvgIpc) is 2.46. The van der Waals surface area contributed by atoms with E-state index in [9.17, 15) is 4.79 Å². The molecule has 0 N–H and O–H groups in total. The SMILES string of the molecule is CCC(=O)c1ccccc1N1CCCC(N(C)C)C1. The number of hydrogen-bond donors (Lipinski definition) is 0. The highest BCUT2D eigenvalue weighted by Gasteiger charge is 2.23. The number of carbonyl (C=O) groups excluding carboxylic acids is 1. The first-order chi connectivity index (χ1) is 9.13. The summed E-state index contributed by atoms with van der Waals surface area (Å²) in [5, 5.41) is 0. The summed E-state index contributed by atoms with van der Waals surface area (Å²) in [7, 11) is 4.27. The molecule has 3 heteroatoms. The monoisotopic (exact) mass is 260 g/mol. The largest absolute Gasteiger partial charge is 0.369 e. The molecule has 3 nitrogen and oxygen atoms in total. The fourth-order valence-corrected chi connectivity index (χ4v) is 2.77. The maximum Gasteiger partial charge on any atom is 0.164 e. The third kappa shape index (κ3) is 3.16. The molecule has 0 bridgehead atoms. The highest BCUT2D eigenvalue weighted by atomic mass is 16.1. The maximum absolute atomic E-state index is 12.1. The molecule has 1 saturated heterocycles. The summed E-state index contributed by atoms with van der Waals surface area (Å²) >= 11 is 0. The highest BCUT2D eigenvalue weighted by Crippen LogP contribution is 2.26. The van der Waals surface area contributed by atoms with Crippen molar-refractivity contribution in [2.45, 2.75) is 32.2 Å². The molecule has 0 amide bonds. The number of nitrogens with zero attached hydrogens (tertiary/aromatic N) is 2. The summed E-state index contributed by atoms with van der Waals surface area (Å²) < 4.78 is 0. The van der Waals surface area contributed by atoms with Crippen LogP contribution in [0.4, 0.5) is 5.69 Å². The van der Waals surface area contributed by atoms with E-state index in [1.54, 1.807) is 0 Å². The van der Waals surface area contributed by atoms with Crippen molar-refractivity contribution in [1.29, 1.82) is 0 Å². The van der Waals surface area contributed by atoms with E-state index >= 15 is 0 Å². The van der Waals surface area contributed by atoms with Crippen molar-refractivity contribution in [1.82, 2.24) is 4.90 Å². The lowest BCUT2D eigenvalue weighted by Gasteiger charge is -2.38. The molecule has 1 aromatic carbocycles. The molecule has 19 heavy (non-hydrogen) atoms. The average molecular weight is 260 g/mol. The molecule has 1 atom stereocenters. The van der Waals surface area contributed by atoms with Crippen LogP contribution in [0.3, 0.4) is 0 Å². The number of benzene rings is 1. The summed E-state index contributed by atoms with van der Waals surface area (Å²) in [5.74, 6) is 0.238. The van der Waals surface area contributed by atoms with Crippen LogP contribution in [-0.4, -0.2) is 43.9 Å². The molecule has 1 aliphatic rings. The van der Waals surface area contributed by atoms with Crippen molar-refractivity contribution in [3.8, 4) is 0 Å². The van der Waals surface area contributed by atoms with Crippen LogP contribution in [0.1, 0.15) is 36.5 Å². The van der Waals surface area contributed by atoms with Crippen LogP contribution < -0.4 is 4.90 Å². The van der Waals surface area contributed by atoms with Crippen molar-refractivity contribution in [2.75, 3.05) is 32.1 Å². The second-order valence-corrected chi connectivity index (χ2v) is 5.50. The van der Waals surface area contributed by atoms with Crippen LogP contribution in [0.15, 0.2) is 24.3 Å². The molecule has 0 aromatic heterocycles. The van der Waals surface area contributed by atoms with Gasteiger partial charge in [-0.1, -0.05) is 19.1 Å². The zero-order valence-electron chi connectivity index (χ0n) is 12.2. The Morgan fingerprint density at radius 1 is 1.37 bits per heavy atom. The molecule has 1 unspecified atom stereocenters. The van der Waals surface area contributed by atoms with Gasteiger partial charge in [-0.05, 0) is 39.1 Å². The molecule has 0 radical (unpaired) electrons. The van der Waals surface area contributed by atoms with Gasteiger partial charge in [0.15, 0.2) is 5.78 Å². The molecule has 1 heterocycles. The van der Waals surface area contributed by atoms with E-state index in [-0.39, 0.29) is 5.78 Å². The minimum absolute atomic E-state index is 0.238. The Hall–Kier alpha value is -1.35. The van der Waals surface area contributed by atoms with Gasteiger partial charge in [0.1, 0.15) is 0 Å². The van der Waals surface area contributed by atoms with Crippen LogP contribution >= 0.6 is 0 Å². The van der Waals surface area contributed by atoms with Gasteiger partial charge in [0.05, 0.1) is 0 Å². The van der Waals surface area contributed by atoms with Crippen LogP contribution in [0.2, 0.25) is 0 Å². The number of carbonyl (C=O) groups is 1. The van der Waals surface area contributed by atoms with Crippen molar-refractivity contribution >= 4 is 11.5 Å². The highest BCUT2D eigenvalue weighted by molar-refractivity contribution is 6.01. The molecule has 0 saturated carbocycles. The van der Waals surface area contributed by atoms with E-state index in [0.717, 1.165) is 24.3 Å². The molecule has 2 rings (SSSR count). The quantitative estimate of drug-likeness (QED) is 0.778. The normalized spacial score (nSPS) is 19.8. The first-order valence-electron chi connectivity index (χ1n) is 7.17. The summed E-state index contributed by atoms with van der Waals surface area (Å²) in [6.45, 7) is 4.00. The molecule has 0 aliphatic carbocycles. The second-order valence-electron chi connectivity index (χ2n) is 5.50. The third-order valence-corrected chi connectivity index (χ3v) is 3.99. The zero-order valence-corrected chi connectivity index (χ0v) is 12.2. The molecule has 1 aliphatic heterocycles. The van der Waals surface area contributed by atoms with Crippen LogP contribution in [0.25, 0.3) is 0 Å². The minimum atomic E-state index is 0.238. The van der Waals surface area contributed by atoms with E-state index in [2.05, 4.69) is 30.0 Å². The molecule has 1 aromatic rings. The summed E-state index contributed by atoms with van der Waals surface area (Å²) in [4.78, 5) is 16.7. The molecule has 104 valence electrons. The Kier molecular flexibility index (Phi) is 4.59. The van der Waals surface area contributed by atoms with Crippen molar-refractivity contribution in [3.05, 3.63) is 29.8 Å². The van der Waals surface area contributed by atoms with Crippen molar-refractivity contribution < 1.29 is 4.79 Å². The zero-order chi connectivity index (χ0) is 13.8. The maximum atomic E-state index is 12.1. The fraction of sp³-hybridized carbons (Fsp3) is 0.562. The number of anilines is 1. The smallest absolute Gasteiger partial charge is 0.164 e.